The van der Waals surface area contributed by atoms with E-state index in [1.807, 2.05) is 31.2 Å². The summed E-state index contributed by atoms with van der Waals surface area (Å²) in [5.41, 5.74) is 3.80. The number of aryl methyl sites for hydroxylation is 1. The molecule has 0 fully saturated rings. The molecule has 0 bridgehead atoms. The van der Waals surface area contributed by atoms with E-state index in [2.05, 4.69) is 5.32 Å². The van der Waals surface area contributed by atoms with Gasteiger partial charge in [0.1, 0.15) is 0 Å². The monoisotopic (exact) mass is 283 g/mol. The van der Waals surface area contributed by atoms with E-state index < -0.39 is 0 Å². The lowest BCUT2D eigenvalue weighted by molar-refractivity contribution is 0.0601. The smallest absolute Gasteiger partial charge is 0.338 e. The molecule has 4 nitrogen and oxygen atoms in total. The minimum Gasteiger partial charge on any atom is -0.465 e. The largest absolute Gasteiger partial charge is 0.465 e. The van der Waals surface area contributed by atoms with E-state index in [9.17, 15) is 9.59 Å². The van der Waals surface area contributed by atoms with E-state index in [4.69, 9.17) is 4.74 Å². The first-order valence-electron chi connectivity index (χ1n) is 6.58. The molecule has 0 saturated heterocycles. The fourth-order valence-electron chi connectivity index (χ4n) is 2.13. The molecular weight excluding hydrogens is 266 g/mol. The van der Waals surface area contributed by atoms with Crippen molar-refractivity contribution in [3.63, 3.8) is 0 Å². The van der Waals surface area contributed by atoms with Gasteiger partial charge in [0.15, 0.2) is 0 Å². The van der Waals surface area contributed by atoms with E-state index in [1.165, 1.54) is 7.11 Å². The molecule has 2 aromatic rings. The summed E-state index contributed by atoms with van der Waals surface area (Å²) in [6.45, 7) is 1.96. The lowest BCUT2D eigenvalue weighted by Crippen LogP contribution is -2.17. The molecule has 0 aromatic heterocycles. The van der Waals surface area contributed by atoms with Crippen LogP contribution in [-0.2, 0) is 4.74 Å². The molecule has 0 aliphatic rings. The van der Waals surface area contributed by atoms with E-state index in [0.717, 1.165) is 16.7 Å². The van der Waals surface area contributed by atoms with Crippen LogP contribution in [0.1, 0.15) is 26.3 Å². The third-order valence-corrected chi connectivity index (χ3v) is 3.27. The van der Waals surface area contributed by atoms with Crippen LogP contribution in [0.2, 0.25) is 0 Å². The van der Waals surface area contributed by atoms with Crippen molar-refractivity contribution >= 4 is 11.9 Å². The Morgan fingerprint density at radius 1 is 1.05 bits per heavy atom. The van der Waals surface area contributed by atoms with Gasteiger partial charge in [0, 0.05) is 12.6 Å². The van der Waals surface area contributed by atoms with Crippen molar-refractivity contribution in [2.75, 3.05) is 14.2 Å². The van der Waals surface area contributed by atoms with Gasteiger partial charge in [-0.25, -0.2) is 4.79 Å². The predicted molar refractivity (Wildman–Crippen MR) is 81.3 cm³/mol. The second kappa shape index (κ2) is 6.22. The SMILES string of the molecule is CNC(=O)c1ccc(-c2cc(C)ccc2C(=O)OC)cc1. The first kappa shape index (κ1) is 14.8. The fraction of sp³-hybridized carbons (Fsp3) is 0.176. The number of nitrogens with one attached hydrogen (secondary N) is 1. The number of amides is 1. The summed E-state index contributed by atoms with van der Waals surface area (Å²) >= 11 is 0. The number of hydrogen-bond donors (Lipinski definition) is 1. The molecule has 0 saturated carbocycles. The number of ether oxygens (including phenoxy) is 1. The normalized spacial score (nSPS) is 10.0. The van der Waals surface area contributed by atoms with Crippen LogP contribution in [0.25, 0.3) is 11.1 Å². The van der Waals surface area contributed by atoms with Crippen LogP contribution < -0.4 is 5.32 Å². The van der Waals surface area contributed by atoms with Gasteiger partial charge in [-0.3, -0.25) is 4.79 Å². The molecule has 2 aromatic carbocycles. The first-order valence-corrected chi connectivity index (χ1v) is 6.58. The fourth-order valence-corrected chi connectivity index (χ4v) is 2.13. The van der Waals surface area contributed by atoms with Gasteiger partial charge in [-0.2, -0.15) is 0 Å². The van der Waals surface area contributed by atoms with Crippen LogP contribution in [0.5, 0.6) is 0 Å². The Hall–Kier alpha value is -2.62. The van der Waals surface area contributed by atoms with Crippen molar-refractivity contribution in [2.24, 2.45) is 0 Å². The zero-order valence-electron chi connectivity index (χ0n) is 12.3. The van der Waals surface area contributed by atoms with Crippen LogP contribution in [0.4, 0.5) is 0 Å². The molecule has 0 aliphatic carbocycles. The van der Waals surface area contributed by atoms with Crippen molar-refractivity contribution in [2.45, 2.75) is 6.92 Å². The lowest BCUT2D eigenvalue weighted by atomic mass is 9.96. The first-order chi connectivity index (χ1) is 10.1. The maximum atomic E-state index is 11.9. The number of hydrogen-bond acceptors (Lipinski definition) is 3. The summed E-state index contributed by atoms with van der Waals surface area (Å²) in [5.74, 6) is -0.514. The number of carbonyl (C=O) groups is 2. The third-order valence-electron chi connectivity index (χ3n) is 3.27. The van der Waals surface area contributed by atoms with E-state index in [0.29, 0.717) is 11.1 Å². The minimum absolute atomic E-state index is 0.140. The highest BCUT2D eigenvalue weighted by Gasteiger charge is 2.13. The maximum Gasteiger partial charge on any atom is 0.338 e. The van der Waals surface area contributed by atoms with Gasteiger partial charge in [0.25, 0.3) is 5.91 Å². The average molecular weight is 283 g/mol. The maximum absolute atomic E-state index is 11.9. The molecule has 0 atom stereocenters. The van der Waals surface area contributed by atoms with Crippen LogP contribution in [-0.4, -0.2) is 26.0 Å². The van der Waals surface area contributed by atoms with E-state index in [-0.39, 0.29) is 11.9 Å². The summed E-state index contributed by atoms with van der Waals surface area (Å²) in [6, 6.07) is 12.7. The van der Waals surface area contributed by atoms with Gasteiger partial charge < -0.3 is 10.1 Å². The van der Waals surface area contributed by atoms with Crippen LogP contribution in [0, 0.1) is 6.92 Å². The standard InChI is InChI=1S/C17H17NO3/c1-11-4-9-14(17(20)21-3)15(10-11)12-5-7-13(8-6-12)16(19)18-2/h4-10H,1-3H3,(H,18,19). The molecule has 1 N–H and O–H groups in total. The summed E-state index contributed by atoms with van der Waals surface area (Å²) in [5, 5.41) is 2.58. The van der Waals surface area contributed by atoms with Crippen molar-refractivity contribution in [1.82, 2.24) is 5.32 Å². The van der Waals surface area contributed by atoms with Crippen LogP contribution >= 0.6 is 0 Å². The van der Waals surface area contributed by atoms with Crippen molar-refractivity contribution < 1.29 is 14.3 Å². The molecule has 0 heterocycles. The summed E-state index contributed by atoms with van der Waals surface area (Å²) in [7, 11) is 2.95. The molecule has 108 valence electrons. The molecule has 1 amide bonds. The molecule has 0 spiro atoms. The van der Waals surface area contributed by atoms with Gasteiger partial charge in [0.2, 0.25) is 0 Å². The van der Waals surface area contributed by atoms with Gasteiger partial charge in [-0.05, 0) is 36.2 Å². The number of rotatable bonds is 3. The molecular formula is C17H17NO3. The zero-order chi connectivity index (χ0) is 15.4. The van der Waals surface area contributed by atoms with Gasteiger partial charge in [0.05, 0.1) is 12.7 Å². The van der Waals surface area contributed by atoms with Crippen molar-refractivity contribution in [3.8, 4) is 11.1 Å². The van der Waals surface area contributed by atoms with Crippen LogP contribution in [0.3, 0.4) is 0 Å². The Bertz CT molecular complexity index is 675. The van der Waals surface area contributed by atoms with E-state index >= 15 is 0 Å². The molecule has 21 heavy (non-hydrogen) atoms. The van der Waals surface area contributed by atoms with Crippen molar-refractivity contribution in [3.05, 3.63) is 59.2 Å². The summed E-state index contributed by atoms with van der Waals surface area (Å²) in [6.07, 6.45) is 0. The predicted octanol–water partition coefficient (Wildman–Crippen LogP) is 2.81. The number of esters is 1. The number of carbonyl (C=O) groups excluding carboxylic acids is 2. The molecule has 0 radical (unpaired) electrons. The minimum atomic E-state index is -0.375. The second-order valence-corrected chi connectivity index (χ2v) is 4.70. The molecule has 0 unspecified atom stereocenters. The Balaban J connectivity index is 2.48. The highest BCUT2D eigenvalue weighted by atomic mass is 16.5. The number of methoxy groups -OCH3 is 1. The second-order valence-electron chi connectivity index (χ2n) is 4.70. The Kier molecular flexibility index (Phi) is 4.38. The Morgan fingerprint density at radius 3 is 2.29 bits per heavy atom. The molecule has 0 aliphatic heterocycles. The van der Waals surface area contributed by atoms with Gasteiger partial charge >= 0.3 is 5.97 Å². The topological polar surface area (TPSA) is 55.4 Å². The average Bonchev–Trinajstić information content (AvgIpc) is 2.53. The van der Waals surface area contributed by atoms with Gasteiger partial charge in [-0.1, -0.05) is 29.8 Å². The van der Waals surface area contributed by atoms with Crippen molar-refractivity contribution in [1.29, 1.82) is 0 Å². The number of benzene rings is 2. The zero-order valence-corrected chi connectivity index (χ0v) is 12.3. The molecule has 4 heteroatoms. The third kappa shape index (κ3) is 3.11. The quantitative estimate of drug-likeness (QED) is 0.881. The van der Waals surface area contributed by atoms with Crippen LogP contribution in [0.15, 0.2) is 42.5 Å². The van der Waals surface area contributed by atoms with Gasteiger partial charge in [-0.15, -0.1) is 0 Å². The van der Waals surface area contributed by atoms with E-state index in [1.54, 1.807) is 25.2 Å². The highest BCUT2D eigenvalue weighted by Crippen LogP contribution is 2.26. The highest BCUT2D eigenvalue weighted by molar-refractivity contribution is 5.98. The Labute approximate surface area is 123 Å². The molecule has 2 rings (SSSR count). The summed E-state index contributed by atoms with van der Waals surface area (Å²) < 4.78 is 4.81. The summed E-state index contributed by atoms with van der Waals surface area (Å²) in [4.78, 5) is 23.4. The Morgan fingerprint density at radius 2 is 1.71 bits per heavy atom. The lowest BCUT2D eigenvalue weighted by Gasteiger charge is -2.10.